The number of benzene rings is 1. The quantitative estimate of drug-likeness (QED) is 0.941. The highest BCUT2D eigenvalue weighted by molar-refractivity contribution is 6.31. The van der Waals surface area contributed by atoms with Gasteiger partial charge in [-0.1, -0.05) is 11.6 Å². The zero-order valence-electron chi connectivity index (χ0n) is 13.0. The molecule has 1 atom stereocenters. The van der Waals surface area contributed by atoms with Crippen LogP contribution in [-0.2, 0) is 11.2 Å². The Balaban J connectivity index is 1.77. The first-order valence-corrected chi connectivity index (χ1v) is 8.09. The average molecular weight is 321 g/mol. The van der Waals surface area contributed by atoms with Gasteiger partial charge in [0.25, 0.3) is 0 Å². The summed E-state index contributed by atoms with van der Waals surface area (Å²) in [4.78, 5) is 14.8. The second-order valence-corrected chi connectivity index (χ2v) is 6.33. The number of piperazine rings is 1. The third kappa shape index (κ3) is 3.05. The van der Waals surface area contributed by atoms with Gasteiger partial charge in [0.2, 0.25) is 0 Å². The number of Topliss-reactive ketones (excluding diaryl/α,β-unsaturated/α-hetero) is 1. The fourth-order valence-corrected chi connectivity index (χ4v) is 3.16. The highest BCUT2D eigenvalue weighted by Gasteiger charge is 2.24. The lowest BCUT2D eigenvalue weighted by Gasteiger charge is -2.31. The molecule has 1 fully saturated rings. The third-order valence-electron chi connectivity index (χ3n) is 4.50. The number of carbonyl (C=O) groups excluding carboxylic acids is 1. The molecule has 22 heavy (non-hydrogen) atoms. The van der Waals surface area contributed by atoms with E-state index >= 15 is 0 Å². The number of aryl methyl sites for hydroxylation is 1. The Hall–Kier alpha value is -1.36. The summed E-state index contributed by atoms with van der Waals surface area (Å²) in [6.45, 7) is 7.70. The van der Waals surface area contributed by atoms with Crippen LogP contribution in [0.15, 0.2) is 22.6 Å². The number of ketones is 1. The van der Waals surface area contributed by atoms with Crippen LogP contribution in [0.5, 0.6) is 0 Å². The summed E-state index contributed by atoms with van der Waals surface area (Å²) >= 11 is 6.04. The van der Waals surface area contributed by atoms with Crippen LogP contribution in [-0.4, -0.2) is 42.9 Å². The molecule has 0 aliphatic carbocycles. The van der Waals surface area contributed by atoms with Crippen LogP contribution in [0, 0.1) is 6.92 Å². The van der Waals surface area contributed by atoms with Crippen LogP contribution in [0.25, 0.3) is 11.0 Å². The number of nitrogens with zero attached hydrogens (tertiary/aromatic N) is 1. The summed E-state index contributed by atoms with van der Waals surface area (Å²) in [7, 11) is 0. The lowest BCUT2D eigenvalue weighted by atomic mass is 10.0. The molecule has 118 valence electrons. The largest absolute Gasteiger partial charge is 0.460 e. The fourth-order valence-electron chi connectivity index (χ4n) is 2.99. The minimum atomic E-state index is -0.0710. The van der Waals surface area contributed by atoms with E-state index in [0.717, 1.165) is 48.5 Å². The van der Waals surface area contributed by atoms with Crippen LogP contribution >= 0.6 is 11.6 Å². The number of halogens is 1. The second kappa shape index (κ2) is 6.41. The monoisotopic (exact) mass is 320 g/mol. The summed E-state index contributed by atoms with van der Waals surface area (Å²) in [5.41, 5.74) is 1.80. The lowest BCUT2D eigenvalue weighted by Crippen LogP contribution is -2.50. The molecular formula is C17H21ClN2O2. The molecule has 0 amide bonds. The zero-order valence-corrected chi connectivity index (χ0v) is 13.7. The Labute approximate surface area is 135 Å². The molecular weight excluding hydrogens is 300 g/mol. The molecule has 1 aliphatic rings. The average Bonchev–Trinajstić information content (AvgIpc) is 2.83. The van der Waals surface area contributed by atoms with Crippen LogP contribution < -0.4 is 5.32 Å². The van der Waals surface area contributed by atoms with Crippen LogP contribution in [0.1, 0.15) is 18.2 Å². The van der Waals surface area contributed by atoms with E-state index in [1.54, 1.807) is 0 Å². The normalized spacial score (nSPS) is 17.8. The molecule has 1 aromatic carbocycles. The van der Waals surface area contributed by atoms with E-state index in [1.165, 1.54) is 0 Å². The van der Waals surface area contributed by atoms with Gasteiger partial charge in [-0.3, -0.25) is 9.69 Å². The van der Waals surface area contributed by atoms with Crippen molar-refractivity contribution in [1.82, 2.24) is 10.2 Å². The molecule has 0 bridgehead atoms. The van der Waals surface area contributed by atoms with Gasteiger partial charge in [0.05, 0.1) is 12.5 Å². The predicted octanol–water partition coefficient (Wildman–Crippen LogP) is 2.80. The molecule has 5 heteroatoms. The van der Waals surface area contributed by atoms with Crippen molar-refractivity contribution in [2.24, 2.45) is 0 Å². The van der Waals surface area contributed by atoms with Gasteiger partial charge in [-0.15, -0.1) is 0 Å². The first-order valence-electron chi connectivity index (χ1n) is 7.71. The van der Waals surface area contributed by atoms with E-state index in [2.05, 4.69) is 10.2 Å². The first kappa shape index (κ1) is 15.5. The number of hydrogen-bond acceptors (Lipinski definition) is 4. The minimum absolute atomic E-state index is 0.0710. The minimum Gasteiger partial charge on any atom is -0.460 e. The molecule has 3 rings (SSSR count). The van der Waals surface area contributed by atoms with Crippen LogP contribution in [0.4, 0.5) is 0 Å². The first-order chi connectivity index (χ1) is 10.6. The molecule has 1 saturated heterocycles. The van der Waals surface area contributed by atoms with Gasteiger partial charge in [-0.05, 0) is 37.6 Å². The van der Waals surface area contributed by atoms with Gasteiger partial charge in [0.1, 0.15) is 11.3 Å². The second-order valence-electron chi connectivity index (χ2n) is 5.90. The number of fused-ring (bicyclic) bond motifs is 1. The smallest absolute Gasteiger partial charge is 0.157 e. The topological polar surface area (TPSA) is 45.5 Å². The molecule has 1 aliphatic heterocycles. The van der Waals surface area contributed by atoms with Gasteiger partial charge in [-0.2, -0.15) is 0 Å². The number of furan rings is 1. The van der Waals surface area contributed by atoms with Gasteiger partial charge in [0.15, 0.2) is 5.78 Å². The molecule has 4 nitrogen and oxygen atoms in total. The standard InChI is InChI=1S/C17H21ClN2O2/c1-11-14-9-13(18)3-4-16(14)22-17(11)10-15(21)12(2)20-7-5-19-6-8-20/h3-4,9,12,19H,5-8,10H2,1-2H3. The Morgan fingerprint density at radius 1 is 1.41 bits per heavy atom. The SMILES string of the molecule is Cc1c(CC(=O)C(C)N2CCNCC2)oc2ccc(Cl)cc12. The van der Waals surface area contributed by atoms with Crippen molar-refractivity contribution in [3.05, 3.63) is 34.5 Å². The van der Waals surface area contributed by atoms with Crippen LogP contribution in [0.2, 0.25) is 5.02 Å². The van der Waals surface area contributed by atoms with E-state index in [4.69, 9.17) is 16.0 Å². The number of carbonyl (C=O) groups is 1. The molecule has 2 aromatic rings. The van der Waals surface area contributed by atoms with Gasteiger partial charge < -0.3 is 9.73 Å². The van der Waals surface area contributed by atoms with Crippen molar-refractivity contribution in [3.63, 3.8) is 0 Å². The van der Waals surface area contributed by atoms with Crippen LogP contribution in [0.3, 0.4) is 0 Å². The van der Waals surface area contributed by atoms with E-state index < -0.39 is 0 Å². The summed E-state index contributed by atoms with van der Waals surface area (Å²) in [5.74, 6) is 0.958. The molecule has 0 saturated carbocycles. The van der Waals surface area contributed by atoms with Gasteiger partial charge >= 0.3 is 0 Å². The number of nitrogens with one attached hydrogen (secondary N) is 1. The summed E-state index contributed by atoms with van der Waals surface area (Å²) in [5, 5.41) is 4.98. The maximum absolute atomic E-state index is 12.6. The predicted molar refractivity (Wildman–Crippen MR) is 88.6 cm³/mol. The Bertz CT molecular complexity index is 689. The summed E-state index contributed by atoms with van der Waals surface area (Å²) in [6, 6.07) is 5.49. The van der Waals surface area contributed by atoms with Crippen molar-refractivity contribution in [3.8, 4) is 0 Å². The van der Waals surface area contributed by atoms with Crippen molar-refractivity contribution in [2.75, 3.05) is 26.2 Å². The van der Waals surface area contributed by atoms with Crippen molar-refractivity contribution < 1.29 is 9.21 Å². The molecule has 2 heterocycles. The lowest BCUT2D eigenvalue weighted by molar-refractivity contribution is -0.123. The maximum Gasteiger partial charge on any atom is 0.157 e. The molecule has 1 unspecified atom stereocenters. The highest BCUT2D eigenvalue weighted by Crippen LogP contribution is 2.28. The maximum atomic E-state index is 12.6. The third-order valence-corrected chi connectivity index (χ3v) is 4.73. The van der Waals surface area contributed by atoms with Crippen molar-refractivity contribution in [1.29, 1.82) is 0 Å². The van der Waals surface area contributed by atoms with E-state index in [9.17, 15) is 4.79 Å². The molecule has 0 radical (unpaired) electrons. The van der Waals surface area contributed by atoms with E-state index in [1.807, 2.05) is 32.0 Å². The molecule has 1 N–H and O–H groups in total. The Morgan fingerprint density at radius 2 is 2.14 bits per heavy atom. The van der Waals surface area contributed by atoms with Gasteiger partial charge in [0, 0.05) is 36.6 Å². The van der Waals surface area contributed by atoms with E-state index in [0.29, 0.717) is 11.4 Å². The highest BCUT2D eigenvalue weighted by atomic mass is 35.5. The zero-order chi connectivity index (χ0) is 15.7. The van der Waals surface area contributed by atoms with Gasteiger partial charge in [-0.25, -0.2) is 0 Å². The van der Waals surface area contributed by atoms with Crippen molar-refractivity contribution >= 4 is 28.4 Å². The number of hydrogen-bond donors (Lipinski definition) is 1. The fraction of sp³-hybridized carbons (Fsp3) is 0.471. The molecule has 0 spiro atoms. The summed E-state index contributed by atoms with van der Waals surface area (Å²) in [6.07, 6.45) is 0.337. The number of rotatable bonds is 4. The Morgan fingerprint density at radius 3 is 2.86 bits per heavy atom. The van der Waals surface area contributed by atoms with E-state index in [-0.39, 0.29) is 11.8 Å². The Kier molecular flexibility index (Phi) is 4.52. The van der Waals surface area contributed by atoms with Crippen molar-refractivity contribution in [2.45, 2.75) is 26.3 Å². The molecule has 1 aromatic heterocycles. The summed E-state index contributed by atoms with van der Waals surface area (Å²) < 4.78 is 5.85.